The molecule has 18 heavy (non-hydrogen) atoms. The first-order valence-corrected chi connectivity index (χ1v) is 5.99. The Kier molecular flexibility index (Phi) is 2.72. The maximum Gasteiger partial charge on any atom is 0.222 e. The van der Waals surface area contributed by atoms with Crippen molar-refractivity contribution < 1.29 is 0 Å². The fourth-order valence-electron chi connectivity index (χ4n) is 1.98. The van der Waals surface area contributed by atoms with Gasteiger partial charge in [-0.3, -0.25) is 0 Å². The van der Waals surface area contributed by atoms with Gasteiger partial charge in [0.05, 0.1) is 16.7 Å². The Labute approximate surface area is 109 Å². The van der Waals surface area contributed by atoms with Crippen LogP contribution in [0.5, 0.6) is 0 Å². The molecule has 0 spiro atoms. The maximum atomic E-state index is 5.78. The lowest BCUT2D eigenvalue weighted by atomic mass is 10.3. The molecule has 0 saturated heterocycles. The smallest absolute Gasteiger partial charge is 0.222 e. The fraction of sp³-hybridized carbons (Fsp3) is 0.154. The molecule has 0 radical (unpaired) electrons. The van der Waals surface area contributed by atoms with Crippen molar-refractivity contribution in [1.29, 1.82) is 0 Å². The quantitative estimate of drug-likeness (QED) is 0.664. The second-order valence-electron chi connectivity index (χ2n) is 4.07. The van der Waals surface area contributed by atoms with E-state index in [-0.39, 0.29) is 5.28 Å². The predicted molar refractivity (Wildman–Crippen MR) is 70.6 cm³/mol. The Bertz CT molecular complexity index is 705. The first kappa shape index (κ1) is 11.2. The van der Waals surface area contributed by atoms with Gasteiger partial charge in [0, 0.05) is 19.7 Å². The topological polar surface area (TPSA) is 43.6 Å². The van der Waals surface area contributed by atoms with E-state index in [1.54, 1.807) is 6.20 Å². The summed E-state index contributed by atoms with van der Waals surface area (Å²) >= 11 is 5.78. The highest BCUT2D eigenvalue weighted by molar-refractivity contribution is 6.28. The number of imidazole rings is 1. The first-order chi connectivity index (χ1) is 8.74. The number of hydrogen-bond acceptors (Lipinski definition) is 3. The molecular weight excluding hydrogens is 248 g/mol. The second-order valence-corrected chi connectivity index (χ2v) is 4.41. The van der Waals surface area contributed by atoms with Crippen LogP contribution in [0, 0.1) is 0 Å². The zero-order valence-electron chi connectivity index (χ0n) is 9.84. The third-order valence-electron chi connectivity index (χ3n) is 2.90. The molecule has 3 aromatic rings. The van der Waals surface area contributed by atoms with Gasteiger partial charge < -0.3 is 4.57 Å². The van der Waals surface area contributed by atoms with Gasteiger partial charge in [-0.2, -0.15) is 0 Å². The molecule has 5 heteroatoms. The van der Waals surface area contributed by atoms with Crippen molar-refractivity contribution in [3.8, 4) is 0 Å². The van der Waals surface area contributed by atoms with Crippen molar-refractivity contribution >= 4 is 22.6 Å². The van der Waals surface area contributed by atoms with Crippen molar-refractivity contribution in [3.05, 3.63) is 53.3 Å². The van der Waals surface area contributed by atoms with Crippen LogP contribution < -0.4 is 0 Å². The molecule has 0 bridgehead atoms. The highest BCUT2D eigenvalue weighted by Gasteiger charge is 2.08. The lowest BCUT2D eigenvalue weighted by Crippen LogP contribution is -2.01. The van der Waals surface area contributed by atoms with Gasteiger partial charge in [0.25, 0.3) is 0 Å². The van der Waals surface area contributed by atoms with E-state index in [1.165, 1.54) is 0 Å². The van der Waals surface area contributed by atoms with Crippen LogP contribution in [0.3, 0.4) is 0 Å². The fourth-order valence-corrected chi connectivity index (χ4v) is 2.15. The van der Waals surface area contributed by atoms with Gasteiger partial charge in [-0.1, -0.05) is 12.1 Å². The summed E-state index contributed by atoms with van der Waals surface area (Å²) in [7, 11) is 2.01. The van der Waals surface area contributed by atoms with Crippen LogP contribution in [0.4, 0.5) is 0 Å². The molecule has 0 aliphatic rings. The van der Waals surface area contributed by atoms with E-state index in [9.17, 15) is 0 Å². The van der Waals surface area contributed by atoms with Gasteiger partial charge in [0.1, 0.15) is 5.82 Å². The number of benzene rings is 1. The number of nitrogens with zero attached hydrogens (tertiary/aromatic N) is 4. The molecule has 2 aromatic heterocycles. The molecule has 0 aliphatic carbocycles. The minimum atomic E-state index is 0.270. The van der Waals surface area contributed by atoms with E-state index < -0.39 is 0 Å². The summed E-state index contributed by atoms with van der Waals surface area (Å²) in [6.07, 6.45) is 2.31. The van der Waals surface area contributed by atoms with Gasteiger partial charge in [-0.15, -0.1) is 0 Å². The van der Waals surface area contributed by atoms with Crippen LogP contribution in [0.2, 0.25) is 5.28 Å². The number of aromatic nitrogens is 4. The Morgan fingerprint density at radius 2 is 2.00 bits per heavy atom. The van der Waals surface area contributed by atoms with E-state index in [1.807, 2.05) is 31.3 Å². The molecule has 0 fully saturated rings. The molecule has 0 saturated carbocycles. The molecule has 2 heterocycles. The summed E-state index contributed by atoms with van der Waals surface area (Å²) in [4.78, 5) is 12.7. The Hall–Kier alpha value is -1.94. The molecule has 0 aliphatic heterocycles. The van der Waals surface area contributed by atoms with E-state index in [4.69, 9.17) is 11.6 Å². The summed E-state index contributed by atoms with van der Waals surface area (Å²) < 4.78 is 2.07. The maximum absolute atomic E-state index is 5.78. The SMILES string of the molecule is Cn1c(Cc2ccnc(Cl)n2)nc2ccccc21. The summed E-state index contributed by atoms with van der Waals surface area (Å²) in [5.74, 6) is 0.964. The minimum Gasteiger partial charge on any atom is -0.331 e. The van der Waals surface area contributed by atoms with E-state index in [0.717, 1.165) is 22.6 Å². The number of para-hydroxylation sites is 2. The average molecular weight is 259 g/mol. The van der Waals surface area contributed by atoms with Crippen molar-refractivity contribution in [1.82, 2.24) is 19.5 Å². The van der Waals surface area contributed by atoms with Crippen LogP contribution >= 0.6 is 11.6 Å². The summed E-state index contributed by atoms with van der Waals surface area (Å²) in [5, 5.41) is 0.270. The second kappa shape index (κ2) is 4.38. The highest BCUT2D eigenvalue weighted by Crippen LogP contribution is 2.16. The molecule has 4 nitrogen and oxygen atoms in total. The lowest BCUT2D eigenvalue weighted by Gasteiger charge is -2.02. The number of rotatable bonds is 2. The largest absolute Gasteiger partial charge is 0.331 e. The molecule has 3 rings (SSSR count). The van der Waals surface area contributed by atoms with E-state index >= 15 is 0 Å². The monoisotopic (exact) mass is 258 g/mol. The molecule has 1 aromatic carbocycles. The van der Waals surface area contributed by atoms with Gasteiger partial charge in [0.15, 0.2) is 0 Å². The Morgan fingerprint density at radius 1 is 1.17 bits per heavy atom. The van der Waals surface area contributed by atoms with E-state index in [0.29, 0.717) is 6.42 Å². The Balaban J connectivity index is 2.02. The summed E-state index contributed by atoms with van der Waals surface area (Å²) in [5.41, 5.74) is 2.98. The predicted octanol–water partition coefficient (Wildman–Crippen LogP) is 2.61. The molecular formula is C13H11ClN4. The number of aryl methyl sites for hydroxylation is 1. The normalized spacial score (nSPS) is 11.0. The van der Waals surface area contributed by atoms with Crippen LogP contribution in [0.25, 0.3) is 11.0 Å². The van der Waals surface area contributed by atoms with Crippen molar-refractivity contribution in [3.63, 3.8) is 0 Å². The number of hydrogen-bond donors (Lipinski definition) is 0. The Morgan fingerprint density at radius 3 is 2.78 bits per heavy atom. The minimum absolute atomic E-state index is 0.270. The summed E-state index contributed by atoms with van der Waals surface area (Å²) in [6.45, 7) is 0. The average Bonchev–Trinajstić information content (AvgIpc) is 2.67. The van der Waals surface area contributed by atoms with Gasteiger partial charge in [-0.25, -0.2) is 15.0 Å². The van der Waals surface area contributed by atoms with Crippen LogP contribution in [0.15, 0.2) is 36.5 Å². The molecule has 0 atom stereocenters. The standard InChI is InChI=1S/C13H11ClN4/c1-18-11-5-3-2-4-10(11)17-12(18)8-9-6-7-15-13(14)16-9/h2-7H,8H2,1H3. The van der Waals surface area contributed by atoms with Gasteiger partial charge in [-0.05, 0) is 29.8 Å². The summed E-state index contributed by atoms with van der Waals surface area (Å²) in [6, 6.07) is 9.91. The molecule has 0 unspecified atom stereocenters. The lowest BCUT2D eigenvalue weighted by molar-refractivity contribution is 0.829. The van der Waals surface area contributed by atoms with Crippen molar-refractivity contribution in [2.24, 2.45) is 7.05 Å². The zero-order chi connectivity index (χ0) is 12.5. The van der Waals surface area contributed by atoms with Crippen molar-refractivity contribution in [2.75, 3.05) is 0 Å². The van der Waals surface area contributed by atoms with Crippen molar-refractivity contribution in [2.45, 2.75) is 6.42 Å². The number of halogens is 1. The molecule has 0 N–H and O–H groups in total. The van der Waals surface area contributed by atoms with E-state index in [2.05, 4.69) is 25.6 Å². The van der Waals surface area contributed by atoms with Gasteiger partial charge in [0.2, 0.25) is 5.28 Å². The number of fused-ring (bicyclic) bond motifs is 1. The third-order valence-corrected chi connectivity index (χ3v) is 3.08. The van der Waals surface area contributed by atoms with Crippen LogP contribution in [-0.4, -0.2) is 19.5 Å². The molecule has 0 amide bonds. The highest BCUT2D eigenvalue weighted by atomic mass is 35.5. The van der Waals surface area contributed by atoms with Crippen LogP contribution in [-0.2, 0) is 13.5 Å². The van der Waals surface area contributed by atoms with Gasteiger partial charge >= 0.3 is 0 Å². The van der Waals surface area contributed by atoms with Crippen LogP contribution in [0.1, 0.15) is 11.5 Å². The third kappa shape index (κ3) is 1.95. The zero-order valence-corrected chi connectivity index (χ0v) is 10.6. The molecule has 90 valence electrons. The first-order valence-electron chi connectivity index (χ1n) is 5.62.